The fourth-order valence-corrected chi connectivity index (χ4v) is 3.63. The van der Waals surface area contributed by atoms with Gasteiger partial charge in [0.05, 0.1) is 7.11 Å². The Kier molecular flexibility index (Phi) is 5.53. The maximum atomic E-state index is 12.4. The number of esters is 1. The Hall–Kier alpha value is -2.86. The van der Waals surface area contributed by atoms with Crippen molar-refractivity contribution >= 4 is 29.4 Å². The van der Waals surface area contributed by atoms with Gasteiger partial charge >= 0.3 is 5.97 Å². The molecule has 26 heavy (non-hydrogen) atoms. The highest BCUT2D eigenvalue weighted by molar-refractivity contribution is 8.04. The van der Waals surface area contributed by atoms with E-state index in [0.717, 1.165) is 5.75 Å². The molecule has 1 amide bonds. The number of rotatable bonds is 5. The second kappa shape index (κ2) is 8.01. The van der Waals surface area contributed by atoms with Gasteiger partial charge in [0.1, 0.15) is 4.91 Å². The zero-order valence-electron chi connectivity index (χ0n) is 14.2. The lowest BCUT2D eigenvalue weighted by Crippen LogP contribution is -2.24. The first-order valence-electron chi connectivity index (χ1n) is 8.05. The lowest BCUT2D eigenvalue weighted by atomic mass is 10.0. The van der Waals surface area contributed by atoms with Gasteiger partial charge in [-0.05, 0) is 18.6 Å². The molecular formula is C20H17NO4S. The molecule has 0 aromatic heterocycles. The zero-order valence-corrected chi connectivity index (χ0v) is 15.0. The van der Waals surface area contributed by atoms with Crippen molar-refractivity contribution in [3.63, 3.8) is 0 Å². The van der Waals surface area contributed by atoms with Crippen LogP contribution in [0.25, 0.3) is 0 Å². The summed E-state index contributed by atoms with van der Waals surface area (Å²) in [7, 11) is 1.32. The molecule has 1 aliphatic rings. The van der Waals surface area contributed by atoms with Crippen LogP contribution in [0.1, 0.15) is 32.7 Å². The van der Waals surface area contributed by atoms with E-state index in [1.807, 2.05) is 6.07 Å². The van der Waals surface area contributed by atoms with Gasteiger partial charge < -0.3 is 10.1 Å². The molecule has 0 fully saturated rings. The van der Waals surface area contributed by atoms with Crippen LogP contribution in [-0.4, -0.2) is 30.5 Å². The van der Waals surface area contributed by atoms with E-state index in [0.29, 0.717) is 33.7 Å². The van der Waals surface area contributed by atoms with Crippen LogP contribution in [0.4, 0.5) is 0 Å². The molecule has 0 unspecified atom stereocenters. The Balaban J connectivity index is 1.73. The Labute approximate surface area is 155 Å². The van der Waals surface area contributed by atoms with Crippen molar-refractivity contribution in [1.82, 2.24) is 5.32 Å². The van der Waals surface area contributed by atoms with E-state index in [9.17, 15) is 14.4 Å². The number of nitrogens with one attached hydrogen (secondary N) is 1. The number of benzene rings is 2. The number of carbonyl (C=O) groups excluding carboxylic acids is 3. The fraction of sp³-hybridized carbons (Fsp3) is 0.150. The van der Waals surface area contributed by atoms with Crippen LogP contribution in [-0.2, 0) is 9.53 Å². The molecule has 0 saturated carbocycles. The van der Waals surface area contributed by atoms with Crippen molar-refractivity contribution in [1.29, 1.82) is 0 Å². The monoisotopic (exact) mass is 367 g/mol. The predicted molar refractivity (Wildman–Crippen MR) is 99.9 cm³/mol. The Morgan fingerprint density at radius 1 is 0.923 bits per heavy atom. The van der Waals surface area contributed by atoms with Crippen molar-refractivity contribution in [2.45, 2.75) is 6.42 Å². The number of amides is 1. The molecule has 5 nitrogen and oxygen atoms in total. The topological polar surface area (TPSA) is 72.5 Å². The number of hydrogen-bond acceptors (Lipinski definition) is 5. The first-order chi connectivity index (χ1) is 12.6. The molecule has 0 spiro atoms. The molecule has 3 rings (SSSR count). The summed E-state index contributed by atoms with van der Waals surface area (Å²) in [4.78, 5) is 37.0. The smallest absolute Gasteiger partial charge is 0.346 e. The van der Waals surface area contributed by atoms with E-state index in [1.54, 1.807) is 48.5 Å². The predicted octanol–water partition coefficient (Wildman–Crippen LogP) is 3.17. The second-order valence-corrected chi connectivity index (χ2v) is 6.73. The number of ketones is 1. The maximum absolute atomic E-state index is 12.4. The van der Waals surface area contributed by atoms with E-state index in [-0.39, 0.29) is 11.7 Å². The van der Waals surface area contributed by atoms with E-state index in [2.05, 4.69) is 5.32 Å². The Morgan fingerprint density at radius 3 is 2.19 bits per heavy atom. The minimum atomic E-state index is -0.438. The van der Waals surface area contributed by atoms with Crippen LogP contribution in [0.2, 0.25) is 0 Å². The number of carbonyl (C=O) groups is 3. The van der Waals surface area contributed by atoms with Crippen LogP contribution in [0.3, 0.4) is 0 Å². The van der Waals surface area contributed by atoms with Crippen LogP contribution in [0.5, 0.6) is 0 Å². The number of methoxy groups -OCH3 is 1. The van der Waals surface area contributed by atoms with Gasteiger partial charge in [0.25, 0.3) is 5.91 Å². The highest BCUT2D eigenvalue weighted by Gasteiger charge is 2.24. The van der Waals surface area contributed by atoms with Crippen molar-refractivity contribution < 1.29 is 19.1 Å². The van der Waals surface area contributed by atoms with Gasteiger partial charge in [0.2, 0.25) is 0 Å². The van der Waals surface area contributed by atoms with Gasteiger partial charge in [-0.15, -0.1) is 11.8 Å². The lowest BCUT2D eigenvalue weighted by molar-refractivity contribution is -0.135. The number of hydrogen-bond donors (Lipinski definition) is 1. The molecule has 1 N–H and O–H groups in total. The molecule has 132 valence electrons. The summed E-state index contributed by atoms with van der Waals surface area (Å²) in [5.74, 6) is -0.125. The molecule has 1 heterocycles. The second-order valence-electron chi connectivity index (χ2n) is 5.62. The minimum absolute atomic E-state index is 0.0968. The molecule has 6 heteroatoms. The van der Waals surface area contributed by atoms with Crippen LogP contribution in [0, 0.1) is 0 Å². The summed E-state index contributed by atoms with van der Waals surface area (Å²) in [5.41, 5.74) is 2.11. The van der Waals surface area contributed by atoms with Gasteiger partial charge in [0, 0.05) is 28.1 Å². The molecular weight excluding hydrogens is 350 g/mol. The summed E-state index contributed by atoms with van der Waals surface area (Å²) >= 11 is 1.37. The molecule has 0 atom stereocenters. The van der Waals surface area contributed by atoms with E-state index in [1.165, 1.54) is 18.9 Å². The average Bonchev–Trinajstić information content (AvgIpc) is 3.15. The fourth-order valence-electron chi connectivity index (χ4n) is 2.59. The highest BCUT2D eigenvalue weighted by Crippen LogP contribution is 2.30. The van der Waals surface area contributed by atoms with Crippen molar-refractivity contribution in [2.24, 2.45) is 0 Å². The quantitative estimate of drug-likeness (QED) is 0.649. The molecule has 1 aliphatic heterocycles. The highest BCUT2D eigenvalue weighted by atomic mass is 32.2. The lowest BCUT2D eigenvalue weighted by Gasteiger charge is -2.08. The van der Waals surface area contributed by atoms with E-state index < -0.39 is 5.97 Å². The van der Waals surface area contributed by atoms with E-state index in [4.69, 9.17) is 4.74 Å². The molecule has 2 aromatic rings. The average molecular weight is 367 g/mol. The van der Waals surface area contributed by atoms with Gasteiger partial charge in [-0.2, -0.15) is 0 Å². The Bertz CT molecular complexity index is 872. The van der Waals surface area contributed by atoms with Crippen LogP contribution >= 0.6 is 11.8 Å². The normalized spacial score (nSPS) is 13.4. The van der Waals surface area contributed by atoms with Crippen LogP contribution < -0.4 is 5.32 Å². The summed E-state index contributed by atoms with van der Waals surface area (Å²) < 4.78 is 4.73. The van der Waals surface area contributed by atoms with Crippen LogP contribution in [0.15, 0.2) is 65.2 Å². The largest absolute Gasteiger partial charge is 0.465 e. The number of thioether (sulfide) groups is 1. The van der Waals surface area contributed by atoms with Gasteiger partial charge in [-0.1, -0.05) is 42.5 Å². The third-order valence-corrected chi connectivity index (χ3v) is 5.06. The van der Waals surface area contributed by atoms with Gasteiger partial charge in [0.15, 0.2) is 5.78 Å². The SMILES string of the molecule is COC(=O)C1=C(NC(=O)c2ccc(C(=O)c3ccccc3)cc2)CCS1. The summed E-state index contributed by atoms with van der Waals surface area (Å²) in [6.45, 7) is 0. The van der Waals surface area contributed by atoms with Gasteiger partial charge in [-0.25, -0.2) is 4.79 Å². The number of ether oxygens (including phenoxy) is 1. The van der Waals surface area contributed by atoms with Crippen molar-refractivity contribution in [3.05, 3.63) is 81.9 Å². The molecule has 2 aromatic carbocycles. The molecule has 0 saturated heterocycles. The summed E-state index contributed by atoms with van der Waals surface area (Å²) in [6.07, 6.45) is 0.603. The standard InChI is InChI=1S/C20H17NO4S/c1-25-20(24)18-16(11-12-26-18)21-19(23)15-9-7-14(8-10-15)17(22)13-5-3-2-4-6-13/h2-10H,11-12H2,1H3,(H,21,23). The summed E-state index contributed by atoms with van der Waals surface area (Å²) in [5, 5.41) is 2.77. The maximum Gasteiger partial charge on any atom is 0.346 e. The third kappa shape index (κ3) is 3.86. The van der Waals surface area contributed by atoms with Crippen molar-refractivity contribution in [3.8, 4) is 0 Å². The number of allylic oxidation sites excluding steroid dienone is 1. The molecule has 0 aliphatic carbocycles. The first kappa shape index (κ1) is 17.9. The first-order valence-corrected chi connectivity index (χ1v) is 9.04. The summed E-state index contributed by atoms with van der Waals surface area (Å²) in [6, 6.07) is 15.4. The molecule has 0 bridgehead atoms. The third-order valence-electron chi connectivity index (χ3n) is 3.95. The molecule has 0 radical (unpaired) electrons. The zero-order chi connectivity index (χ0) is 18.5. The van der Waals surface area contributed by atoms with Gasteiger partial charge in [-0.3, -0.25) is 9.59 Å². The van der Waals surface area contributed by atoms with E-state index >= 15 is 0 Å². The van der Waals surface area contributed by atoms with Crippen molar-refractivity contribution in [2.75, 3.05) is 12.9 Å². The Morgan fingerprint density at radius 2 is 1.54 bits per heavy atom. The minimum Gasteiger partial charge on any atom is -0.465 e.